The number of carbonyl (C=O) groups excluding carboxylic acids is 1. The average Bonchev–Trinajstić information content (AvgIpc) is 3.07. The summed E-state index contributed by atoms with van der Waals surface area (Å²) in [7, 11) is 1.41. The Morgan fingerprint density at radius 3 is 2.95 bits per heavy atom. The maximum Gasteiger partial charge on any atom is 0.318 e. The molecule has 0 bridgehead atoms. The van der Waals surface area contributed by atoms with Gasteiger partial charge in [0.05, 0.1) is 7.11 Å². The van der Waals surface area contributed by atoms with Crippen molar-refractivity contribution < 1.29 is 9.53 Å². The lowest BCUT2D eigenvalue weighted by Crippen LogP contribution is -2.21. The summed E-state index contributed by atoms with van der Waals surface area (Å²) in [6.07, 6.45) is 4.95. The van der Waals surface area contributed by atoms with Crippen LogP contribution in [0, 0.1) is 0 Å². The minimum atomic E-state index is -0.577. The van der Waals surface area contributed by atoms with Gasteiger partial charge in [-0.3, -0.25) is 9.78 Å². The van der Waals surface area contributed by atoms with Gasteiger partial charge in [0, 0.05) is 18.0 Å². The normalized spacial score (nSPS) is 16.0. The number of rotatable bonds is 3. The van der Waals surface area contributed by atoms with Crippen molar-refractivity contribution in [3.63, 3.8) is 0 Å². The molecule has 0 amide bonds. The van der Waals surface area contributed by atoms with Crippen molar-refractivity contribution in [3.8, 4) is 11.4 Å². The predicted molar refractivity (Wildman–Crippen MR) is 74.8 cm³/mol. The minimum absolute atomic E-state index is 0.226. The third kappa shape index (κ3) is 1.75. The van der Waals surface area contributed by atoms with Crippen molar-refractivity contribution >= 4 is 22.3 Å². The van der Waals surface area contributed by atoms with Crippen LogP contribution in [-0.4, -0.2) is 37.9 Å². The van der Waals surface area contributed by atoms with Gasteiger partial charge in [0.15, 0.2) is 5.82 Å². The molecule has 1 aliphatic carbocycles. The summed E-state index contributed by atoms with van der Waals surface area (Å²) < 4.78 is 6.56. The van der Waals surface area contributed by atoms with E-state index in [1.165, 1.54) is 18.4 Å². The third-order valence-electron chi connectivity index (χ3n) is 3.65. The molecule has 3 aromatic heterocycles. The van der Waals surface area contributed by atoms with E-state index in [0.717, 1.165) is 23.4 Å². The maximum absolute atomic E-state index is 11.9. The fourth-order valence-electron chi connectivity index (χ4n) is 2.31. The molecule has 1 aliphatic rings. The van der Waals surface area contributed by atoms with Gasteiger partial charge in [-0.05, 0) is 25.0 Å². The second-order valence-corrected chi connectivity index (χ2v) is 5.90. The molecule has 0 aliphatic heterocycles. The zero-order valence-electron chi connectivity index (χ0n) is 11.2. The van der Waals surface area contributed by atoms with Gasteiger partial charge in [0.1, 0.15) is 10.4 Å². The van der Waals surface area contributed by atoms with Gasteiger partial charge < -0.3 is 4.74 Å². The SMILES string of the molecule is COC(=O)C1(c2nn3c(-c4cccnc4)nnc3s2)CC1. The lowest BCUT2D eigenvalue weighted by Gasteiger charge is -2.07. The van der Waals surface area contributed by atoms with E-state index in [9.17, 15) is 4.79 Å². The van der Waals surface area contributed by atoms with Crippen LogP contribution in [0.4, 0.5) is 0 Å². The molecule has 0 radical (unpaired) electrons. The molecule has 0 N–H and O–H groups in total. The summed E-state index contributed by atoms with van der Waals surface area (Å²) >= 11 is 1.38. The van der Waals surface area contributed by atoms with Crippen molar-refractivity contribution in [2.45, 2.75) is 18.3 Å². The molecule has 7 nitrogen and oxygen atoms in total. The highest BCUT2D eigenvalue weighted by Gasteiger charge is 2.55. The maximum atomic E-state index is 11.9. The third-order valence-corrected chi connectivity index (χ3v) is 4.75. The Bertz CT molecular complexity index is 822. The van der Waals surface area contributed by atoms with E-state index >= 15 is 0 Å². The second kappa shape index (κ2) is 4.32. The highest BCUT2D eigenvalue weighted by molar-refractivity contribution is 7.17. The quantitative estimate of drug-likeness (QED) is 0.681. The number of carbonyl (C=O) groups is 1. The fraction of sp³-hybridized carbons (Fsp3) is 0.308. The van der Waals surface area contributed by atoms with E-state index in [4.69, 9.17) is 4.74 Å². The van der Waals surface area contributed by atoms with E-state index in [1.807, 2.05) is 12.1 Å². The second-order valence-electron chi connectivity index (χ2n) is 4.94. The molecule has 0 unspecified atom stereocenters. The van der Waals surface area contributed by atoms with Crippen LogP contribution in [0.2, 0.25) is 0 Å². The number of nitrogens with zero attached hydrogens (tertiary/aromatic N) is 5. The first kappa shape index (κ1) is 12.4. The standard InChI is InChI=1S/C13H11N5O2S/c1-20-11(19)13(4-5-13)10-17-18-9(15-16-12(18)21-10)8-3-2-6-14-7-8/h2-3,6-7H,4-5H2,1H3. The van der Waals surface area contributed by atoms with Gasteiger partial charge in [-0.2, -0.15) is 9.61 Å². The molecule has 0 atom stereocenters. The van der Waals surface area contributed by atoms with E-state index < -0.39 is 5.41 Å². The molecule has 106 valence electrons. The zero-order chi connectivity index (χ0) is 14.4. The number of ether oxygens (including phenoxy) is 1. The highest BCUT2D eigenvalue weighted by atomic mass is 32.1. The van der Waals surface area contributed by atoms with Crippen molar-refractivity contribution in [3.05, 3.63) is 29.5 Å². The van der Waals surface area contributed by atoms with E-state index in [1.54, 1.807) is 16.9 Å². The van der Waals surface area contributed by atoms with Gasteiger partial charge in [0.25, 0.3) is 0 Å². The fourth-order valence-corrected chi connectivity index (χ4v) is 3.38. The number of aromatic nitrogens is 5. The van der Waals surface area contributed by atoms with Gasteiger partial charge in [-0.25, -0.2) is 0 Å². The molecule has 1 saturated carbocycles. The molecule has 1 fully saturated rings. The van der Waals surface area contributed by atoms with Crippen LogP contribution < -0.4 is 0 Å². The Kier molecular flexibility index (Phi) is 2.55. The van der Waals surface area contributed by atoms with Gasteiger partial charge in [-0.15, -0.1) is 10.2 Å². The first-order valence-corrected chi connectivity index (χ1v) is 7.28. The summed E-state index contributed by atoms with van der Waals surface area (Å²) in [6.45, 7) is 0. The summed E-state index contributed by atoms with van der Waals surface area (Å²) in [5.41, 5.74) is 0.261. The number of esters is 1. The molecular weight excluding hydrogens is 290 g/mol. The van der Waals surface area contributed by atoms with Gasteiger partial charge in [-0.1, -0.05) is 11.3 Å². The van der Waals surface area contributed by atoms with E-state index in [2.05, 4.69) is 20.3 Å². The highest BCUT2D eigenvalue weighted by Crippen LogP contribution is 2.50. The lowest BCUT2D eigenvalue weighted by atomic mass is 10.1. The number of pyridine rings is 1. The first-order chi connectivity index (χ1) is 10.2. The summed E-state index contributed by atoms with van der Waals surface area (Å²) in [5.74, 6) is 0.400. The van der Waals surface area contributed by atoms with Crippen LogP contribution in [0.25, 0.3) is 16.3 Å². The first-order valence-electron chi connectivity index (χ1n) is 6.46. The topological polar surface area (TPSA) is 82.3 Å². The van der Waals surface area contributed by atoms with Crippen molar-refractivity contribution in [2.24, 2.45) is 0 Å². The molecular formula is C13H11N5O2S. The Morgan fingerprint density at radius 1 is 1.43 bits per heavy atom. The Hall–Kier alpha value is -2.35. The zero-order valence-corrected chi connectivity index (χ0v) is 12.0. The lowest BCUT2D eigenvalue weighted by molar-refractivity contribution is -0.143. The van der Waals surface area contributed by atoms with Crippen LogP contribution in [0.3, 0.4) is 0 Å². The van der Waals surface area contributed by atoms with Crippen molar-refractivity contribution in [1.29, 1.82) is 0 Å². The molecule has 3 heterocycles. The Balaban J connectivity index is 1.82. The molecule has 0 saturated heterocycles. The Morgan fingerprint density at radius 2 is 2.29 bits per heavy atom. The van der Waals surface area contributed by atoms with Crippen LogP contribution in [0.5, 0.6) is 0 Å². The van der Waals surface area contributed by atoms with E-state index in [-0.39, 0.29) is 5.97 Å². The summed E-state index contributed by atoms with van der Waals surface area (Å²) in [4.78, 5) is 16.7. The molecule has 3 aromatic rings. The smallest absolute Gasteiger partial charge is 0.318 e. The number of methoxy groups -OCH3 is 1. The van der Waals surface area contributed by atoms with Crippen molar-refractivity contribution in [1.82, 2.24) is 24.8 Å². The number of hydrogen-bond donors (Lipinski definition) is 0. The monoisotopic (exact) mass is 301 g/mol. The number of hydrogen-bond acceptors (Lipinski definition) is 7. The summed E-state index contributed by atoms with van der Waals surface area (Å²) in [6, 6.07) is 3.73. The van der Waals surface area contributed by atoms with E-state index in [0.29, 0.717) is 10.8 Å². The van der Waals surface area contributed by atoms with Gasteiger partial charge in [0.2, 0.25) is 4.96 Å². The largest absolute Gasteiger partial charge is 0.468 e. The predicted octanol–water partition coefficient (Wildman–Crippen LogP) is 1.45. The molecule has 4 rings (SSSR count). The molecule has 0 aromatic carbocycles. The van der Waals surface area contributed by atoms with Crippen LogP contribution in [-0.2, 0) is 14.9 Å². The summed E-state index contributed by atoms with van der Waals surface area (Å²) in [5, 5.41) is 13.5. The molecule has 8 heteroatoms. The van der Waals surface area contributed by atoms with Crippen LogP contribution >= 0.6 is 11.3 Å². The van der Waals surface area contributed by atoms with Gasteiger partial charge >= 0.3 is 5.97 Å². The molecule has 21 heavy (non-hydrogen) atoms. The van der Waals surface area contributed by atoms with Crippen LogP contribution in [0.15, 0.2) is 24.5 Å². The van der Waals surface area contributed by atoms with Crippen LogP contribution in [0.1, 0.15) is 17.8 Å². The number of fused-ring (bicyclic) bond motifs is 1. The molecule has 0 spiro atoms. The minimum Gasteiger partial charge on any atom is -0.468 e. The average molecular weight is 301 g/mol. The Labute approximate surface area is 123 Å². The van der Waals surface area contributed by atoms with Crippen molar-refractivity contribution in [2.75, 3.05) is 7.11 Å².